The summed E-state index contributed by atoms with van der Waals surface area (Å²) in [4.78, 5) is 4.87. The van der Waals surface area contributed by atoms with Crippen LogP contribution in [0.5, 0.6) is 5.75 Å². The van der Waals surface area contributed by atoms with Gasteiger partial charge in [0.05, 0.1) is 16.5 Å². The molecular formula is C12H12FNO2S. The van der Waals surface area contributed by atoms with Gasteiger partial charge in [-0.3, -0.25) is 4.98 Å². The van der Waals surface area contributed by atoms with Crippen LogP contribution in [-0.4, -0.2) is 10.1 Å². The van der Waals surface area contributed by atoms with E-state index in [1.165, 1.54) is 29.5 Å². The summed E-state index contributed by atoms with van der Waals surface area (Å²) in [7, 11) is 0. The number of nitrogens with zero attached hydrogens (tertiary/aromatic N) is 1. The highest BCUT2D eigenvalue weighted by Crippen LogP contribution is 2.27. The van der Waals surface area contributed by atoms with E-state index in [0.717, 1.165) is 4.88 Å². The molecule has 2 aromatic rings. The van der Waals surface area contributed by atoms with Crippen LogP contribution < -0.4 is 4.74 Å². The molecule has 1 N–H and O–H groups in total. The van der Waals surface area contributed by atoms with Gasteiger partial charge in [-0.05, 0) is 19.1 Å². The minimum Gasteiger partial charge on any atom is -0.488 e. The van der Waals surface area contributed by atoms with Gasteiger partial charge in [0.1, 0.15) is 18.2 Å². The van der Waals surface area contributed by atoms with Crippen LogP contribution in [0.25, 0.3) is 0 Å². The molecule has 3 nitrogen and oxygen atoms in total. The predicted molar refractivity (Wildman–Crippen MR) is 63.5 cm³/mol. The molecule has 0 radical (unpaired) electrons. The van der Waals surface area contributed by atoms with Crippen molar-refractivity contribution in [1.82, 2.24) is 4.98 Å². The summed E-state index contributed by atoms with van der Waals surface area (Å²) in [5.41, 5.74) is 2.29. The molecule has 90 valence electrons. The van der Waals surface area contributed by atoms with E-state index < -0.39 is 6.10 Å². The Morgan fingerprint density at radius 1 is 1.53 bits per heavy atom. The highest BCUT2D eigenvalue weighted by Gasteiger charge is 2.10. The van der Waals surface area contributed by atoms with Crippen molar-refractivity contribution in [2.75, 3.05) is 0 Å². The number of hydrogen-bond acceptors (Lipinski definition) is 4. The third-order valence-corrected chi connectivity index (χ3v) is 3.03. The van der Waals surface area contributed by atoms with Crippen LogP contribution in [0.15, 0.2) is 29.9 Å². The first-order valence-electron chi connectivity index (χ1n) is 5.14. The van der Waals surface area contributed by atoms with E-state index in [-0.39, 0.29) is 5.82 Å². The van der Waals surface area contributed by atoms with Crippen LogP contribution in [-0.2, 0) is 6.61 Å². The second-order valence-electron chi connectivity index (χ2n) is 3.61. The van der Waals surface area contributed by atoms with Gasteiger partial charge in [0, 0.05) is 17.8 Å². The fraction of sp³-hybridized carbons (Fsp3) is 0.250. The normalized spacial score (nSPS) is 12.4. The molecule has 1 aromatic carbocycles. The second-order valence-corrected chi connectivity index (χ2v) is 4.59. The third kappa shape index (κ3) is 3.01. The van der Waals surface area contributed by atoms with Crippen LogP contribution in [0, 0.1) is 5.82 Å². The molecule has 0 aliphatic rings. The molecule has 0 aliphatic heterocycles. The zero-order valence-corrected chi connectivity index (χ0v) is 10.1. The summed E-state index contributed by atoms with van der Waals surface area (Å²) in [5, 5.41) is 9.54. The van der Waals surface area contributed by atoms with E-state index in [4.69, 9.17) is 4.74 Å². The SMILES string of the molecule is C[C@@H](O)c1ccc(F)cc1OCc1cncs1. The van der Waals surface area contributed by atoms with Crippen molar-refractivity contribution in [1.29, 1.82) is 0 Å². The standard InChI is InChI=1S/C12H12FNO2S/c1-8(15)11-3-2-9(13)4-12(11)16-6-10-5-14-7-17-10/h2-5,7-8,15H,6H2,1H3/t8-/m1/s1. The average Bonchev–Trinajstić information content (AvgIpc) is 2.78. The largest absolute Gasteiger partial charge is 0.488 e. The highest BCUT2D eigenvalue weighted by molar-refractivity contribution is 7.09. The number of halogens is 1. The zero-order valence-electron chi connectivity index (χ0n) is 9.26. The Morgan fingerprint density at radius 3 is 3.00 bits per heavy atom. The van der Waals surface area contributed by atoms with Crippen molar-refractivity contribution in [3.63, 3.8) is 0 Å². The Hall–Kier alpha value is -1.46. The fourth-order valence-corrected chi connectivity index (χ4v) is 1.95. The molecule has 1 aromatic heterocycles. The molecule has 2 rings (SSSR count). The summed E-state index contributed by atoms with van der Waals surface area (Å²) < 4.78 is 18.6. The molecular weight excluding hydrogens is 241 g/mol. The van der Waals surface area contributed by atoms with Crippen molar-refractivity contribution < 1.29 is 14.2 Å². The Kier molecular flexibility index (Phi) is 3.71. The van der Waals surface area contributed by atoms with Gasteiger partial charge in [0.25, 0.3) is 0 Å². The van der Waals surface area contributed by atoms with Gasteiger partial charge in [-0.1, -0.05) is 0 Å². The van der Waals surface area contributed by atoms with Gasteiger partial charge < -0.3 is 9.84 Å². The molecule has 1 atom stereocenters. The van der Waals surface area contributed by atoms with Gasteiger partial charge >= 0.3 is 0 Å². The minimum absolute atomic E-state index is 0.327. The highest BCUT2D eigenvalue weighted by atomic mass is 32.1. The van der Waals surface area contributed by atoms with E-state index in [0.29, 0.717) is 17.9 Å². The molecule has 17 heavy (non-hydrogen) atoms. The van der Waals surface area contributed by atoms with Crippen LogP contribution >= 0.6 is 11.3 Å². The third-order valence-electron chi connectivity index (χ3n) is 2.28. The van der Waals surface area contributed by atoms with Crippen LogP contribution in [0.2, 0.25) is 0 Å². The Morgan fingerprint density at radius 2 is 2.35 bits per heavy atom. The summed E-state index contributed by atoms with van der Waals surface area (Å²) >= 11 is 1.47. The first kappa shape index (κ1) is 12.0. The Balaban J connectivity index is 2.16. The molecule has 0 bridgehead atoms. The summed E-state index contributed by atoms with van der Waals surface area (Å²) in [6.07, 6.45) is 1.01. The number of rotatable bonds is 4. The van der Waals surface area contributed by atoms with Crippen molar-refractivity contribution in [2.24, 2.45) is 0 Å². The number of thiazole rings is 1. The summed E-state index contributed by atoms with van der Waals surface area (Å²) in [5.74, 6) is -0.0119. The lowest BCUT2D eigenvalue weighted by molar-refractivity contribution is 0.190. The van der Waals surface area contributed by atoms with Crippen molar-refractivity contribution in [3.8, 4) is 5.75 Å². The van der Waals surface area contributed by atoms with Crippen LogP contribution in [0.3, 0.4) is 0 Å². The van der Waals surface area contributed by atoms with Crippen LogP contribution in [0.4, 0.5) is 4.39 Å². The molecule has 0 saturated heterocycles. The number of hydrogen-bond donors (Lipinski definition) is 1. The van der Waals surface area contributed by atoms with E-state index >= 15 is 0 Å². The van der Waals surface area contributed by atoms with Gasteiger partial charge in [-0.25, -0.2) is 4.39 Å². The monoisotopic (exact) mass is 253 g/mol. The quantitative estimate of drug-likeness (QED) is 0.911. The Bertz CT molecular complexity index is 485. The molecule has 0 fully saturated rings. The number of aromatic nitrogens is 1. The number of aliphatic hydroxyl groups is 1. The minimum atomic E-state index is -0.688. The van der Waals surface area contributed by atoms with Gasteiger partial charge in [-0.15, -0.1) is 11.3 Å². The van der Waals surface area contributed by atoms with Crippen molar-refractivity contribution in [3.05, 3.63) is 46.2 Å². The second kappa shape index (κ2) is 5.25. The maximum atomic E-state index is 13.1. The Labute approximate surface area is 103 Å². The molecule has 0 amide bonds. The topological polar surface area (TPSA) is 42.4 Å². The average molecular weight is 253 g/mol. The maximum Gasteiger partial charge on any atom is 0.128 e. The maximum absolute atomic E-state index is 13.1. The summed E-state index contributed by atoms with van der Waals surface area (Å²) in [6.45, 7) is 1.95. The molecule has 0 spiro atoms. The number of ether oxygens (including phenoxy) is 1. The molecule has 0 aliphatic carbocycles. The number of benzene rings is 1. The van der Waals surface area contributed by atoms with Gasteiger partial charge in [0.2, 0.25) is 0 Å². The molecule has 0 saturated carbocycles. The predicted octanol–water partition coefficient (Wildman–Crippen LogP) is 2.91. The molecule has 0 unspecified atom stereocenters. The van der Waals surface area contributed by atoms with Crippen molar-refractivity contribution in [2.45, 2.75) is 19.6 Å². The lowest BCUT2D eigenvalue weighted by Gasteiger charge is -2.12. The smallest absolute Gasteiger partial charge is 0.128 e. The first-order chi connectivity index (χ1) is 8.16. The van der Waals surface area contributed by atoms with Crippen molar-refractivity contribution >= 4 is 11.3 Å². The zero-order chi connectivity index (χ0) is 12.3. The molecule has 5 heteroatoms. The lowest BCUT2D eigenvalue weighted by Crippen LogP contribution is -2.00. The fourth-order valence-electron chi connectivity index (χ4n) is 1.44. The van der Waals surface area contributed by atoms with Crippen LogP contribution in [0.1, 0.15) is 23.5 Å². The van der Waals surface area contributed by atoms with E-state index in [9.17, 15) is 9.50 Å². The van der Waals surface area contributed by atoms with Gasteiger partial charge in [-0.2, -0.15) is 0 Å². The number of aliphatic hydroxyl groups excluding tert-OH is 1. The first-order valence-corrected chi connectivity index (χ1v) is 6.02. The van der Waals surface area contributed by atoms with Gasteiger partial charge in [0.15, 0.2) is 0 Å². The van der Waals surface area contributed by atoms with E-state index in [1.54, 1.807) is 18.6 Å². The lowest BCUT2D eigenvalue weighted by atomic mass is 10.1. The van der Waals surface area contributed by atoms with E-state index in [1.807, 2.05) is 0 Å². The summed E-state index contributed by atoms with van der Waals surface area (Å²) in [6, 6.07) is 4.12. The van der Waals surface area contributed by atoms with E-state index in [2.05, 4.69) is 4.98 Å². The molecule has 1 heterocycles.